The largest absolute Gasteiger partial charge is 0.394 e. The molecule has 26 atom stereocenters. The molecule has 63 heavy (non-hydrogen) atoms. The summed E-state index contributed by atoms with van der Waals surface area (Å²) in [6.07, 6.45) is -12.2. The van der Waals surface area contributed by atoms with E-state index in [4.69, 9.17) is 37.9 Å². The van der Waals surface area contributed by atoms with Gasteiger partial charge in [0.15, 0.2) is 24.7 Å². The number of rotatable bonds is 12. The van der Waals surface area contributed by atoms with Crippen molar-refractivity contribution in [1.29, 1.82) is 0 Å². The van der Waals surface area contributed by atoms with Crippen molar-refractivity contribution in [2.24, 2.45) is 46.3 Å². The molecule has 0 aromatic carbocycles. The molecular formula is C45H74O18. The van der Waals surface area contributed by atoms with Crippen molar-refractivity contribution >= 4 is 0 Å². The van der Waals surface area contributed by atoms with E-state index in [1.54, 1.807) is 7.11 Å². The molecule has 0 spiro atoms. The van der Waals surface area contributed by atoms with Crippen molar-refractivity contribution in [3.05, 3.63) is 11.6 Å². The highest BCUT2D eigenvalue weighted by atomic mass is 16.8. The van der Waals surface area contributed by atoms with Crippen LogP contribution in [0, 0.1) is 46.3 Å². The first-order valence-electron chi connectivity index (χ1n) is 23.3. The third-order valence-corrected chi connectivity index (χ3v) is 17.4. The molecule has 4 heterocycles. The van der Waals surface area contributed by atoms with Crippen molar-refractivity contribution in [2.45, 2.75) is 196 Å². The molecule has 1 unspecified atom stereocenters. The van der Waals surface area contributed by atoms with Gasteiger partial charge in [-0.3, -0.25) is 0 Å². The van der Waals surface area contributed by atoms with E-state index in [9.17, 15) is 51.1 Å². The van der Waals surface area contributed by atoms with Crippen molar-refractivity contribution in [1.82, 2.24) is 0 Å². The Morgan fingerprint density at radius 2 is 1.54 bits per heavy atom. The van der Waals surface area contributed by atoms with Gasteiger partial charge in [-0.05, 0) is 80.5 Å². The maximum absolute atomic E-state index is 11.3. The zero-order valence-electron chi connectivity index (χ0n) is 37.4. The highest BCUT2D eigenvalue weighted by molar-refractivity contribution is 5.29. The molecule has 8 aliphatic rings. The summed E-state index contributed by atoms with van der Waals surface area (Å²) in [4.78, 5) is 0. The number of hydrogen-bond acceptors (Lipinski definition) is 18. The predicted molar refractivity (Wildman–Crippen MR) is 218 cm³/mol. The molecule has 18 nitrogen and oxygen atoms in total. The van der Waals surface area contributed by atoms with Gasteiger partial charge in [0, 0.05) is 31.3 Å². The van der Waals surface area contributed by atoms with Gasteiger partial charge in [-0.25, -0.2) is 0 Å². The molecule has 4 saturated heterocycles. The number of fused-ring (bicyclic) bond motifs is 7. The number of allylic oxidation sites excluding steroid dienone is 1. The van der Waals surface area contributed by atoms with E-state index in [0.29, 0.717) is 37.5 Å². The zero-order valence-corrected chi connectivity index (χ0v) is 37.4. The minimum Gasteiger partial charge on any atom is -0.394 e. The van der Waals surface area contributed by atoms with Crippen LogP contribution in [-0.4, -0.2) is 188 Å². The van der Waals surface area contributed by atoms with Crippen LogP contribution in [0.5, 0.6) is 0 Å². The summed E-state index contributed by atoms with van der Waals surface area (Å²) >= 11 is 0. The molecule has 0 amide bonds. The second-order valence-corrected chi connectivity index (χ2v) is 20.8. The van der Waals surface area contributed by atoms with Crippen LogP contribution in [0.15, 0.2) is 11.6 Å². The van der Waals surface area contributed by atoms with E-state index in [2.05, 4.69) is 26.8 Å². The minimum absolute atomic E-state index is 0.000427. The highest BCUT2D eigenvalue weighted by Crippen LogP contribution is 2.70. The van der Waals surface area contributed by atoms with E-state index in [1.807, 2.05) is 6.92 Å². The van der Waals surface area contributed by atoms with E-state index in [-0.39, 0.29) is 48.4 Å². The Hall–Kier alpha value is -0.980. The van der Waals surface area contributed by atoms with Gasteiger partial charge < -0.3 is 89.0 Å². The fraction of sp³-hybridized carbons (Fsp3) is 0.956. The summed E-state index contributed by atoms with van der Waals surface area (Å²) in [7, 11) is 1.71. The molecular weight excluding hydrogens is 828 g/mol. The van der Waals surface area contributed by atoms with Gasteiger partial charge in [-0.15, -0.1) is 0 Å². The summed E-state index contributed by atoms with van der Waals surface area (Å²) in [6, 6.07) is 0. The Balaban J connectivity index is 0.947. The average molecular weight is 903 g/mol. The number of aliphatic hydroxyl groups excluding tert-OH is 10. The van der Waals surface area contributed by atoms with Gasteiger partial charge in [0.2, 0.25) is 0 Å². The third kappa shape index (κ3) is 8.30. The van der Waals surface area contributed by atoms with Crippen LogP contribution in [0.2, 0.25) is 0 Å². The second-order valence-electron chi connectivity index (χ2n) is 20.8. The van der Waals surface area contributed by atoms with Crippen LogP contribution < -0.4 is 0 Å². The fourth-order valence-corrected chi connectivity index (χ4v) is 13.6. The topological polar surface area (TPSA) is 276 Å². The molecule has 4 aliphatic heterocycles. The van der Waals surface area contributed by atoms with Crippen LogP contribution in [0.25, 0.3) is 0 Å². The standard InChI is InChI=1S/C45H74O18/c1-19(17-57-40-37(54)36(53)34(51)29(16-46)60-40)9-12-45(56-6)20(2)31-28(63-45)15-26-24-8-7-22-13-23(47)14-30(44(22,5)25(24)10-11-43(26,31)4)61-42-39(33(50)27(48)18-58-42)62-41-38(55)35(52)32(49)21(3)59-41/h7,19-21,23-42,46-55H,8-18H2,1-6H3/t19-,20+,21+,23-,24-,25+,26+,27+,28?,29-,30-,31+,32+,33+,34-,35-,36+,37-,38-,39-,40-,41+,42+,43+,44+,45-/m1/s1. The van der Waals surface area contributed by atoms with Crippen LogP contribution >= 0.6 is 0 Å². The third-order valence-electron chi connectivity index (χ3n) is 17.4. The monoisotopic (exact) mass is 902 g/mol. The molecule has 7 fully saturated rings. The molecule has 10 N–H and O–H groups in total. The molecule has 3 saturated carbocycles. The molecule has 8 rings (SSSR count). The quantitative estimate of drug-likeness (QED) is 0.110. The van der Waals surface area contributed by atoms with Crippen molar-refractivity contribution in [3.8, 4) is 0 Å². The summed E-state index contributed by atoms with van der Waals surface area (Å²) in [5.41, 5.74) is 0.576. The molecule has 0 radical (unpaired) electrons. The summed E-state index contributed by atoms with van der Waals surface area (Å²) in [5, 5.41) is 105. The lowest BCUT2D eigenvalue weighted by molar-refractivity contribution is -0.362. The van der Waals surface area contributed by atoms with Crippen LogP contribution in [-0.2, 0) is 37.9 Å². The molecule has 0 aromatic heterocycles. The van der Waals surface area contributed by atoms with E-state index >= 15 is 0 Å². The fourth-order valence-electron chi connectivity index (χ4n) is 13.6. The normalized spacial score (nSPS) is 55.0. The average Bonchev–Trinajstić information content (AvgIpc) is 3.72. The van der Waals surface area contributed by atoms with Crippen LogP contribution in [0.4, 0.5) is 0 Å². The first kappa shape index (κ1) is 48.5. The Labute approximate surface area is 369 Å². The molecule has 362 valence electrons. The second kappa shape index (κ2) is 18.5. The number of ether oxygens (including phenoxy) is 8. The summed E-state index contributed by atoms with van der Waals surface area (Å²) < 4.78 is 49.3. The first-order valence-corrected chi connectivity index (χ1v) is 23.3. The van der Waals surface area contributed by atoms with Crippen molar-refractivity contribution in [2.75, 3.05) is 26.9 Å². The summed E-state index contributed by atoms with van der Waals surface area (Å²) in [5.74, 6) is 0.326. The van der Waals surface area contributed by atoms with Gasteiger partial charge in [0.1, 0.15) is 61.0 Å². The number of aliphatic hydroxyl groups is 10. The minimum atomic E-state index is -1.65. The predicted octanol–water partition coefficient (Wildman–Crippen LogP) is -0.567. The van der Waals surface area contributed by atoms with Crippen LogP contribution in [0.3, 0.4) is 0 Å². The Morgan fingerprint density at radius 3 is 2.25 bits per heavy atom. The maximum atomic E-state index is 11.3. The smallest absolute Gasteiger partial charge is 0.187 e. The maximum Gasteiger partial charge on any atom is 0.187 e. The Morgan fingerprint density at radius 1 is 0.825 bits per heavy atom. The molecule has 18 heteroatoms. The number of methoxy groups -OCH3 is 1. The Bertz CT molecular complexity index is 1600. The van der Waals surface area contributed by atoms with Gasteiger partial charge in [0.25, 0.3) is 0 Å². The SMILES string of the molecule is CO[C@]1(CC[C@@H](C)CO[C@@H]2O[C@H](CO)[C@@H](O)[C@H](O)[C@H]2O)OC2C[C@H]3[C@@H]4CC=C5C[C@@H](O)C[C@@H](O[C@@H]6OC[C@H](O)[C@H](O)[C@H]6O[C@@H]6O[C@@H](C)[C@H](O)[C@@H](O)[C@H]6O)[C@]5(C)[C@H]4CC[C@]3(C)[C@H]2[C@@H]1C. The number of hydrogen-bond donors (Lipinski definition) is 10. The van der Waals surface area contributed by atoms with E-state index in [0.717, 1.165) is 31.3 Å². The van der Waals surface area contributed by atoms with E-state index in [1.165, 1.54) is 6.92 Å². The first-order chi connectivity index (χ1) is 29.8. The highest BCUT2D eigenvalue weighted by Gasteiger charge is 2.69. The van der Waals surface area contributed by atoms with Gasteiger partial charge in [0.05, 0.1) is 44.2 Å². The zero-order chi connectivity index (χ0) is 45.5. The molecule has 0 aromatic rings. The van der Waals surface area contributed by atoms with Crippen LogP contribution in [0.1, 0.15) is 86.0 Å². The molecule has 0 bridgehead atoms. The van der Waals surface area contributed by atoms with Gasteiger partial charge in [-0.2, -0.15) is 0 Å². The lowest BCUT2D eigenvalue weighted by atomic mass is 9.46. The lowest BCUT2D eigenvalue weighted by Crippen LogP contribution is -2.63. The van der Waals surface area contributed by atoms with E-state index < -0.39 is 116 Å². The van der Waals surface area contributed by atoms with Gasteiger partial charge in [-0.1, -0.05) is 39.3 Å². The molecule has 4 aliphatic carbocycles. The van der Waals surface area contributed by atoms with Crippen molar-refractivity contribution < 1.29 is 89.0 Å². The lowest BCUT2D eigenvalue weighted by Gasteiger charge is -2.60. The van der Waals surface area contributed by atoms with Crippen molar-refractivity contribution in [3.63, 3.8) is 0 Å². The van der Waals surface area contributed by atoms with Gasteiger partial charge >= 0.3 is 0 Å². The Kier molecular flexibility index (Phi) is 14.2. The summed E-state index contributed by atoms with van der Waals surface area (Å²) in [6.45, 7) is 9.87.